The average molecular weight is 328 g/mol. The van der Waals surface area contributed by atoms with Gasteiger partial charge in [0.25, 0.3) is 0 Å². The molecule has 0 saturated heterocycles. The van der Waals surface area contributed by atoms with Crippen LogP contribution in [0.25, 0.3) is 0 Å². The van der Waals surface area contributed by atoms with Crippen LogP contribution in [0.3, 0.4) is 0 Å². The summed E-state index contributed by atoms with van der Waals surface area (Å²) in [6.45, 7) is 3.11. The van der Waals surface area contributed by atoms with Crippen molar-refractivity contribution in [1.82, 2.24) is 14.8 Å². The Hall–Kier alpha value is -3.23. The van der Waals surface area contributed by atoms with Crippen molar-refractivity contribution in [1.29, 1.82) is 0 Å². The molecule has 0 saturated carbocycles. The van der Waals surface area contributed by atoms with Crippen LogP contribution in [0.2, 0.25) is 0 Å². The molecule has 0 fully saturated rings. The highest BCUT2D eigenvalue weighted by Crippen LogP contribution is 2.24. The Morgan fingerprint density at radius 2 is 1.83 bits per heavy atom. The molecule has 3 rings (SSSR count). The van der Waals surface area contributed by atoms with Crippen LogP contribution in [0.5, 0.6) is 0 Å². The number of fused-ring (bicyclic) bond motifs is 1. The highest BCUT2D eigenvalue weighted by atomic mass is 16.2. The van der Waals surface area contributed by atoms with Crippen LogP contribution >= 0.6 is 0 Å². The summed E-state index contributed by atoms with van der Waals surface area (Å²) in [5.74, 6) is -0.0667. The molecule has 2 aromatic rings. The Balaban J connectivity index is 1.75. The van der Waals surface area contributed by atoms with Gasteiger partial charge in [-0.1, -0.05) is 0 Å². The summed E-state index contributed by atoms with van der Waals surface area (Å²) in [5, 5.41) is 12.1. The molecule has 1 aliphatic rings. The molecule has 2 heterocycles. The van der Waals surface area contributed by atoms with E-state index in [1.54, 1.807) is 31.2 Å². The molecule has 9 nitrogen and oxygen atoms in total. The molecule has 3 N–H and O–H groups in total. The van der Waals surface area contributed by atoms with Gasteiger partial charge in [-0.2, -0.15) is 10.1 Å². The van der Waals surface area contributed by atoms with Crippen LogP contribution in [0.15, 0.2) is 24.3 Å². The SMILES string of the molecule is CC(=O)Nc1ccc(NC(=O)[C@@H]2CC(=O)Nc3nc(C)nn32)cc1. The second kappa shape index (κ2) is 6.11. The first-order chi connectivity index (χ1) is 11.4. The number of benzene rings is 1. The Morgan fingerprint density at radius 1 is 1.21 bits per heavy atom. The summed E-state index contributed by atoms with van der Waals surface area (Å²) in [6, 6.07) is 5.93. The third kappa shape index (κ3) is 3.24. The van der Waals surface area contributed by atoms with Gasteiger partial charge in [-0.15, -0.1) is 0 Å². The van der Waals surface area contributed by atoms with Crippen molar-refractivity contribution in [2.75, 3.05) is 16.0 Å². The van der Waals surface area contributed by atoms with Crippen molar-refractivity contribution in [3.05, 3.63) is 30.1 Å². The van der Waals surface area contributed by atoms with Crippen LogP contribution in [-0.4, -0.2) is 32.5 Å². The van der Waals surface area contributed by atoms with Gasteiger partial charge in [0, 0.05) is 18.3 Å². The fraction of sp³-hybridized carbons (Fsp3) is 0.267. The zero-order chi connectivity index (χ0) is 17.3. The number of hydrogen-bond donors (Lipinski definition) is 3. The van der Waals surface area contributed by atoms with Gasteiger partial charge in [0.15, 0.2) is 0 Å². The van der Waals surface area contributed by atoms with Gasteiger partial charge in [-0.3, -0.25) is 19.7 Å². The fourth-order valence-corrected chi connectivity index (χ4v) is 2.44. The topological polar surface area (TPSA) is 118 Å². The minimum atomic E-state index is -0.759. The molecule has 0 spiro atoms. The first-order valence-electron chi connectivity index (χ1n) is 7.34. The molecule has 0 radical (unpaired) electrons. The summed E-state index contributed by atoms with van der Waals surface area (Å²) < 4.78 is 1.41. The van der Waals surface area contributed by atoms with Crippen molar-refractivity contribution < 1.29 is 14.4 Å². The third-order valence-electron chi connectivity index (χ3n) is 3.44. The molecule has 0 aliphatic carbocycles. The van der Waals surface area contributed by atoms with Gasteiger partial charge in [0.05, 0.1) is 6.42 Å². The van der Waals surface area contributed by atoms with E-state index in [4.69, 9.17) is 0 Å². The number of aromatic nitrogens is 3. The molecule has 0 bridgehead atoms. The normalized spacial score (nSPS) is 16.1. The summed E-state index contributed by atoms with van der Waals surface area (Å²) in [7, 11) is 0. The molecular weight excluding hydrogens is 312 g/mol. The summed E-state index contributed by atoms with van der Waals surface area (Å²) in [4.78, 5) is 39.3. The number of anilines is 3. The van der Waals surface area contributed by atoms with Gasteiger partial charge in [-0.25, -0.2) is 4.68 Å². The Bertz CT molecular complexity index is 811. The number of carbonyl (C=O) groups excluding carboxylic acids is 3. The number of hydrogen-bond acceptors (Lipinski definition) is 5. The highest BCUT2D eigenvalue weighted by molar-refractivity contribution is 6.00. The first-order valence-corrected chi connectivity index (χ1v) is 7.34. The lowest BCUT2D eigenvalue weighted by atomic mass is 10.1. The van der Waals surface area contributed by atoms with E-state index in [1.165, 1.54) is 11.6 Å². The molecule has 124 valence electrons. The number of aryl methyl sites for hydroxylation is 1. The van der Waals surface area contributed by atoms with Crippen molar-refractivity contribution in [2.24, 2.45) is 0 Å². The van der Waals surface area contributed by atoms with E-state index in [2.05, 4.69) is 26.0 Å². The second-order valence-corrected chi connectivity index (χ2v) is 5.44. The lowest BCUT2D eigenvalue weighted by Gasteiger charge is -2.22. The summed E-state index contributed by atoms with van der Waals surface area (Å²) in [5.41, 5.74) is 1.19. The maximum Gasteiger partial charge on any atom is 0.249 e. The summed E-state index contributed by atoms with van der Waals surface area (Å²) >= 11 is 0. The average Bonchev–Trinajstić information content (AvgIpc) is 2.87. The Kier molecular flexibility index (Phi) is 3.98. The van der Waals surface area contributed by atoms with Crippen molar-refractivity contribution in [2.45, 2.75) is 26.3 Å². The number of amides is 3. The lowest BCUT2D eigenvalue weighted by molar-refractivity contribution is -0.125. The Morgan fingerprint density at radius 3 is 2.46 bits per heavy atom. The number of nitrogens with one attached hydrogen (secondary N) is 3. The minimum absolute atomic E-state index is 0.00832. The molecule has 24 heavy (non-hydrogen) atoms. The predicted molar refractivity (Wildman–Crippen MR) is 86.4 cm³/mol. The van der Waals surface area contributed by atoms with Crippen molar-refractivity contribution >= 4 is 35.0 Å². The molecule has 9 heteroatoms. The second-order valence-electron chi connectivity index (χ2n) is 5.44. The van der Waals surface area contributed by atoms with E-state index in [0.717, 1.165) is 0 Å². The van der Waals surface area contributed by atoms with Crippen LogP contribution in [0.1, 0.15) is 25.2 Å². The molecule has 3 amide bonds. The van der Waals surface area contributed by atoms with Crippen molar-refractivity contribution in [3.63, 3.8) is 0 Å². The monoisotopic (exact) mass is 328 g/mol. The van der Waals surface area contributed by atoms with E-state index in [9.17, 15) is 14.4 Å². The minimum Gasteiger partial charge on any atom is -0.326 e. The van der Waals surface area contributed by atoms with Gasteiger partial charge in [0.1, 0.15) is 11.9 Å². The van der Waals surface area contributed by atoms with Crippen LogP contribution in [0.4, 0.5) is 17.3 Å². The fourth-order valence-electron chi connectivity index (χ4n) is 2.44. The van der Waals surface area contributed by atoms with Crippen LogP contribution < -0.4 is 16.0 Å². The molecule has 1 aromatic carbocycles. The molecule has 1 atom stereocenters. The number of rotatable bonds is 3. The van der Waals surface area contributed by atoms with E-state index in [-0.39, 0.29) is 30.1 Å². The quantitative estimate of drug-likeness (QED) is 0.779. The maximum absolute atomic E-state index is 12.5. The van der Waals surface area contributed by atoms with E-state index in [1.807, 2.05) is 0 Å². The van der Waals surface area contributed by atoms with E-state index in [0.29, 0.717) is 17.2 Å². The summed E-state index contributed by atoms with van der Waals surface area (Å²) in [6.07, 6.45) is -0.00832. The highest BCUT2D eigenvalue weighted by Gasteiger charge is 2.32. The zero-order valence-electron chi connectivity index (χ0n) is 13.2. The smallest absolute Gasteiger partial charge is 0.249 e. The first kappa shape index (κ1) is 15.7. The molecule has 0 unspecified atom stereocenters. The molecule has 1 aromatic heterocycles. The lowest BCUT2D eigenvalue weighted by Crippen LogP contribution is -2.36. The van der Waals surface area contributed by atoms with E-state index >= 15 is 0 Å². The van der Waals surface area contributed by atoms with Gasteiger partial charge >= 0.3 is 0 Å². The van der Waals surface area contributed by atoms with Crippen molar-refractivity contribution in [3.8, 4) is 0 Å². The maximum atomic E-state index is 12.5. The Labute approximate surface area is 137 Å². The van der Waals surface area contributed by atoms with Crippen LogP contribution in [0, 0.1) is 6.92 Å². The molecule has 1 aliphatic heterocycles. The van der Waals surface area contributed by atoms with Gasteiger partial charge in [-0.05, 0) is 31.2 Å². The number of carbonyl (C=O) groups is 3. The molecular formula is C15H16N6O3. The van der Waals surface area contributed by atoms with Crippen LogP contribution in [-0.2, 0) is 14.4 Å². The van der Waals surface area contributed by atoms with E-state index < -0.39 is 6.04 Å². The van der Waals surface area contributed by atoms with Gasteiger partial charge in [0.2, 0.25) is 23.7 Å². The predicted octanol–water partition coefficient (Wildman–Crippen LogP) is 1.07. The van der Waals surface area contributed by atoms with Gasteiger partial charge < -0.3 is 10.6 Å². The third-order valence-corrected chi connectivity index (χ3v) is 3.44. The number of nitrogens with zero attached hydrogens (tertiary/aromatic N) is 3. The largest absolute Gasteiger partial charge is 0.326 e. The zero-order valence-corrected chi connectivity index (χ0v) is 13.2. The standard InChI is InChI=1S/C15H16N6O3/c1-8-16-15-19-13(23)7-12(21(15)20-8)14(24)18-11-5-3-10(4-6-11)17-9(2)22/h3-6,12H,7H2,1-2H3,(H,17,22)(H,18,24)(H,16,19,20,23)/t12-/m0/s1.